The number of rotatable bonds is 5. The van der Waals surface area contributed by atoms with Gasteiger partial charge in [-0.05, 0) is 44.0 Å². The molecular formula is C13H17FN2O2. The highest BCUT2D eigenvalue weighted by Gasteiger charge is 2.33. The van der Waals surface area contributed by atoms with E-state index >= 15 is 0 Å². The average Bonchev–Trinajstić information content (AvgIpc) is 3.17. The summed E-state index contributed by atoms with van der Waals surface area (Å²) >= 11 is 0. The van der Waals surface area contributed by atoms with Gasteiger partial charge in [0.2, 0.25) is 0 Å². The Balaban J connectivity index is 2.19. The average molecular weight is 252 g/mol. The molecular weight excluding hydrogens is 235 g/mol. The summed E-state index contributed by atoms with van der Waals surface area (Å²) in [5, 5.41) is 9.64. The molecule has 0 heterocycles. The van der Waals surface area contributed by atoms with Crippen molar-refractivity contribution in [3.05, 3.63) is 29.6 Å². The third-order valence-electron chi connectivity index (χ3n) is 3.04. The maximum Gasteiger partial charge on any atom is 0.257 e. The van der Waals surface area contributed by atoms with Gasteiger partial charge in [0.15, 0.2) is 0 Å². The molecule has 1 aliphatic carbocycles. The van der Waals surface area contributed by atoms with Crippen molar-refractivity contribution in [3.63, 3.8) is 0 Å². The minimum atomic E-state index is -0.522. The summed E-state index contributed by atoms with van der Waals surface area (Å²) in [6.07, 6.45) is 2.64. The Morgan fingerprint density at radius 2 is 2.22 bits per heavy atom. The Hall–Kier alpha value is -1.62. The van der Waals surface area contributed by atoms with Crippen LogP contribution in [-0.4, -0.2) is 35.0 Å². The number of amides is 1. The summed E-state index contributed by atoms with van der Waals surface area (Å²) in [5.41, 5.74) is 5.47. The quantitative estimate of drug-likeness (QED) is 0.834. The number of benzene rings is 1. The highest BCUT2D eigenvalue weighted by atomic mass is 19.1. The Labute approximate surface area is 105 Å². The number of phenolic OH excluding ortho intramolecular Hbond substituents is 1. The molecule has 0 radical (unpaired) electrons. The van der Waals surface area contributed by atoms with Crippen LogP contribution in [0.1, 0.15) is 29.6 Å². The molecule has 0 unspecified atom stereocenters. The molecule has 1 saturated carbocycles. The molecule has 5 heteroatoms. The summed E-state index contributed by atoms with van der Waals surface area (Å²) in [5.74, 6) is -1.02. The van der Waals surface area contributed by atoms with Crippen molar-refractivity contribution in [2.45, 2.75) is 25.3 Å². The van der Waals surface area contributed by atoms with Crippen molar-refractivity contribution in [3.8, 4) is 5.75 Å². The molecule has 0 atom stereocenters. The van der Waals surface area contributed by atoms with Gasteiger partial charge in [0.1, 0.15) is 11.6 Å². The third-order valence-corrected chi connectivity index (χ3v) is 3.04. The van der Waals surface area contributed by atoms with E-state index in [0.29, 0.717) is 19.5 Å². The van der Waals surface area contributed by atoms with Crippen LogP contribution in [0.2, 0.25) is 0 Å². The SMILES string of the molecule is NCCCN(C(=O)c1cc(F)ccc1O)C1CC1. The fourth-order valence-electron chi connectivity index (χ4n) is 1.93. The van der Waals surface area contributed by atoms with Gasteiger partial charge < -0.3 is 15.7 Å². The van der Waals surface area contributed by atoms with Crippen molar-refractivity contribution >= 4 is 5.91 Å². The summed E-state index contributed by atoms with van der Waals surface area (Å²) < 4.78 is 13.1. The maximum absolute atomic E-state index is 13.1. The first-order valence-corrected chi connectivity index (χ1v) is 6.13. The lowest BCUT2D eigenvalue weighted by atomic mass is 10.1. The van der Waals surface area contributed by atoms with Gasteiger partial charge in [0.05, 0.1) is 5.56 Å². The van der Waals surface area contributed by atoms with Gasteiger partial charge in [0, 0.05) is 12.6 Å². The van der Waals surface area contributed by atoms with Crippen LogP contribution in [0.3, 0.4) is 0 Å². The number of carbonyl (C=O) groups is 1. The highest BCUT2D eigenvalue weighted by molar-refractivity contribution is 5.97. The Morgan fingerprint density at radius 3 is 2.83 bits per heavy atom. The van der Waals surface area contributed by atoms with E-state index in [9.17, 15) is 14.3 Å². The van der Waals surface area contributed by atoms with Gasteiger partial charge in [0.25, 0.3) is 5.91 Å². The number of halogens is 1. The van der Waals surface area contributed by atoms with Crippen molar-refractivity contribution in [2.24, 2.45) is 5.73 Å². The monoisotopic (exact) mass is 252 g/mol. The van der Waals surface area contributed by atoms with E-state index in [1.807, 2.05) is 0 Å². The van der Waals surface area contributed by atoms with Crippen LogP contribution in [0.5, 0.6) is 5.75 Å². The number of aromatic hydroxyl groups is 1. The van der Waals surface area contributed by atoms with Crippen molar-refractivity contribution in [1.82, 2.24) is 4.90 Å². The van der Waals surface area contributed by atoms with Crippen molar-refractivity contribution in [2.75, 3.05) is 13.1 Å². The van der Waals surface area contributed by atoms with Gasteiger partial charge in [-0.2, -0.15) is 0 Å². The van der Waals surface area contributed by atoms with E-state index in [4.69, 9.17) is 5.73 Å². The number of hydrogen-bond donors (Lipinski definition) is 2. The molecule has 0 spiro atoms. The second-order valence-corrected chi connectivity index (χ2v) is 4.53. The van der Waals surface area contributed by atoms with Crippen LogP contribution in [-0.2, 0) is 0 Å². The van der Waals surface area contributed by atoms with Crippen LogP contribution in [0, 0.1) is 5.82 Å². The Kier molecular flexibility index (Phi) is 3.81. The first-order valence-electron chi connectivity index (χ1n) is 6.13. The van der Waals surface area contributed by atoms with E-state index in [1.54, 1.807) is 4.90 Å². The van der Waals surface area contributed by atoms with E-state index in [0.717, 1.165) is 25.0 Å². The molecule has 1 fully saturated rings. The molecule has 1 amide bonds. The Morgan fingerprint density at radius 1 is 1.50 bits per heavy atom. The van der Waals surface area contributed by atoms with Gasteiger partial charge in [-0.3, -0.25) is 4.79 Å². The van der Waals surface area contributed by atoms with Gasteiger partial charge in [-0.25, -0.2) is 4.39 Å². The number of carbonyl (C=O) groups excluding carboxylic acids is 1. The molecule has 0 saturated heterocycles. The molecule has 98 valence electrons. The zero-order valence-corrected chi connectivity index (χ0v) is 10.1. The van der Waals surface area contributed by atoms with E-state index < -0.39 is 5.82 Å². The van der Waals surface area contributed by atoms with Crippen LogP contribution in [0.25, 0.3) is 0 Å². The number of nitrogens with zero attached hydrogens (tertiary/aromatic N) is 1. The second kappa shape index (κ2) is 5.35. The number of phenols is 1. The van der Waals surface area contributed by atoms with Crippen molar-refractivity contribution in [1.29, 1.82) is 0 Å². The van der Waals surface area contributed by atoms with Gasteiger partial charge >= 0.3 is 0 Å². The van der Waals surface area contributed by atoms with Crippen LogP contribution >= 0.6 is 0 Å². The summed E-state index contributed by atoms with van der Waals surface area (Å²) in [4.78, 5) is 13.9. The van der Waals surface area contributed by atoms with E-state index in [1.165, 1.54) is 6.07 Å². The highest BCUT2D eigenvalue weighted by Crippen LogP contribution is 2.30. The van der Waals surface area contributed by atoms with Crippen molar-refractivity contribution < 1.29 is 14.3 Å². The molecule has 1 aromatic rings. The zero-order chi connectivity index (χ0) is 13.1. The minimum Gasteiger partial charge on any atom is -0.507 e. The Bertz CT molecular complexity index is 447. The lowest BCUT2D eigenvalue weighted by Gasteiger charge is -2.22. The minimum absolute atomic E-state index is 0.0268. The molecule has 1 aliphatic rings. The van der Waals surface area contributed by atoms with E-state index in [-0.39, 0.29) is 23.3 Å². The van der Waals surface area contributed by atoms with Crippen LogP contribution in [0.4, 0.5) is 4.39 Å². The summed E-state index contributed by atoms with van der Waals surface area (Å²) in [6, 6.07) is 3.63. The molecule has 1 aromatic carbocycles. The second-order valence-electron chi connectivity index (χ2n) is 4.53. The van der Waals surface area contributed by atoms with Gasteiger partial charge in [-0.1, -0.05) is 0 Å². The number of nitrogens with two attached hydrogens (primary N) is 1. The fraction of sp³-hybridized carbons (Fsp3) is 0.462. The predicted octanol–water partition coefficient (Wildman–Crippen LogP) is 1.48. The molecule has 18 heavy (non-hydrogen) atoms. The van der Waals surface area contributed by atoms with E-state index in [2.05, 4.69) is 0 Å². The molecule has 2 rings (SSSR count). The summed E-state index contributed by atoms with van der Waals surface area (Å²) in [7, 11) is 0. The predicted molar refractivity (Wildman–Crippen MR) is 65.8 cm³/mol. The smallest absolute Gasteiger partial charge is 0.257 e. The first kappa shape index (κ1) is 12.8. The topological polar surface area (TPSA) is 66.6 Å². The van der Waals surface area contributed by atoms with Crippen LogP contribution < -0.4 is 5.73 Å². The zero-order valence-electron chi connectivity index (χ0n) is 10.1. The lowest BCUT2D eigenvalue weighted by Crippen LogP contribution is -2.35. The molecule has 0 bridgehead atoms. The first-order chi connectivity index (χ1) is 8.63. The van der Waals surface area contributed by atoms with Crippen LogP contribution in [0.15, 0.2) is 18.2 Å². The fourth-order valence-corrected chi connectivity index (χ4v) is 1.93. The van der Waals surface area contributed by atoms with Gasteiger partial charge in [-0.15, -0.1) is 0 Å². The standard InChI is InChI=1S/C13H17FN2O2/c14-9-2-5-12(17)11(8-9)13(18)16(7-1-6-15)10-3-4-10/h2,5,8,10,17H,1,3-4,6-7,15H2. The molecule has 0 aliphatic heterocycles. The molecule has 3 N–H and O–H groups in total. The number of hydrogen-bond acceptors (Lipinski definition) is 3. The maximum atomic E-state index is 13.1. The normalized spacial score (nSPS) is 14.6. The largest absolute Gasteiger partial charge is 0.507 e. The lowest BCUT2D eigenvalue weighted by molar-refractivity contribution is 0.0738. The molecule has 4 nitrogen and oxygen atoms in total. The summed E-state index contributed by atoms with van der Waals surface area (Å²) in [6.45, 7) is 1.06. The third kappa shape index (κ3) is 2.79. The molecule has 0 aromatic heterocycles.